The summed E-state index contributed by atoms with van der Waals surface area (Å²) in [6.07, 6.45) is 5.12. The van der Waals surface area contributed by atoms with Gasteiger partial charge in [0, 0.05) is 5.92 Å². The number of ketones is 1. The second-order valence-corrected chi connectivity index (χ2v) is 3.76. The highest BCUT2D eigenvalue weighted by Gasteiger charge is 2.22. The van der Waals surface area contributed by atoms with E-state index < -0.39 is 0 Å². The molecule has 0 atom stereocenters. The standard InChI is InChI=1S/C11H15NO2/c1-8(13)10(7-12)11(14)9-5-3-2-4-6-9/h9,14H,2-6H2,1H3. The predicted octanol–water partition coefficient (Wildman–Crippen LogP) is 2.49. The van der Waals surface area contributed by atoms with Crippen molar-refractivity contribution >= 4 is 5.78 Å². The lowest BCUT2D eigenvalue weighted by Gasteiger charge is -2.21. The van der Waals surface area contributed by atoms with Crippen LogP contribution in [-0.4, -0.2) is 10.9 Å². The van der Waals surface area contributed by atoms with Crippen molar-refractivity contribution in [2.75, 3.05) is 0 Å². The van der Waals surface area contributed by atoms with Crippen LogP contribution in [0.4, 0.5) is 0 Å². The number of rotatable bonds is 2. The minimum Gasteiger partial charge on any atom is -0.511 e. The molecule has 76 valence electrons. The van der Waals surface area contributed by atoms with Gasteiger partial charge >= 0.3 is 0 Å². The van der Waals surface area contributed by atoms with Crippen molar-refractivity contribution in [1.29, 1.82) is 5.26 Å². The highest BCUT2D eigenvalue weighted by molar-refractivity contribution is 5.97. The largest absolute Gasteiger partial charge is 0.511 e. The first-order valence-corrected chi connectivity index (χ1v) is 5.01. The first-order chi connectivity index (χ1) is 6.66. The maximum Gasteiger partial charge on any atom is 0.173 e. The summed E-state index contributed by atoms with van der Waals surface area (Å²) in [6.45, 7) is 1.32. The average molecular weight is 193 g/mol. The number of hydrogen-bond acceptors (Lipinski definition) is 3. The molecule has 1 N–H and O–H groups in total. The molecule has 0 aromatic heterocycles. The molecule has 0 aliphatic heterocycles. The van der Waals surface area contributed by atoms with Crippen LogP contribution in [0, 0.1) is 17.2 Å². The van der Waals surface area contributed by atoms with E-state index in [2.05, 4.69) is 0 Å². The molecule has 0 aromatic rings. The summed E-state index contributed by atoms with van der Waals surface area (Å²) in [7, 11) is 0. The van der Waals surface area contributed by atoms with Gasteiger partial charge in [-0.1, -0.05) is 19.3 Å². The number of nitrogens with zero attached hydrogens (tertiary/aromatic N) is 1. The van der Waals surface area contributed by atoms with E-state index in [0.717, 1.165) is 25.7 Å². The molecule has 14 heavy (non-hydrogen) atoms. The molecule has 0 unspecified atom stereocenters. The van der Waals surface area contributed by atoms with E-state index in [9.17, 15) is 9.90 Å². The summed E-state index contributed by atoms with van der Waals surface area (Å²) in [5.74, 6) is -0.294. The summed E-state index contributed by atoms with van der Waals surface area (Å²) in [6, 6.07) is 1.78. The second-order valence-electron chi connectivity index (χ2n) is 3.76. The van der Waals surface area contributed by atoms with Crippen molar-refractivity contribution in [3.05, 3.63) is 11.3 Å². The maximum absolute atomic E-state index is 11.0. The minimum absolute atomic E-state index is 0.0136. The molecule has 0 heterocycles. The Kier molecular flexibility index (Phi) is 3.70. The van der Waals surface area contributed by atoms with Crippen molar-refractivity contribution in [2.24, 2.45) is 5.92 Å². The van der Waals surface area contributed by atoms with Gasteiger partial charge in [0.25, 0.3) is 0 Å². The molecule has 1 saturated carbocycles. The van der Waals surface area contributed by atoms with Crippen LogP contribution in [-0.2, 0) is 4.79 Å². The fourth-order valence-electron chi connectivity index (χ4n) is 1.90. The van der Waals surface area contributed by atoms with Crippen molar-refractivity contribution in [2.45, 2.75) is 39.0 Å². The molecule has 1 rings (SSSR count). The molecule has 0 bridgehead atoms. The van der Waals surface area contributed by atoms with E-state index in [1.807, 2.05) is 0 Å². The average Bonchev–Trinajstić information content (AvgIpc) is 2.19. The highest BCUT2D eigenvalue weighted by atomic mass is 16.3. The van der Waals surface area contributed by atoms with E-state index in [0.29, 0.717) is 0 Å². The maximum atomic E-state index is 11.0. The van der Waals surface area contributed by atoms with Gasteiger partial charge in [-0.25, -0.2) is 0 Å². The van der Waals surface area contributed by atoms with Crippen LogP contribution in [0.2, 0.25) is 0 Å². The lowest BCUT2D eigenvalue weighted by Crippen LogP contribution is -2.13. The number of hydrogen-bond donors (Lipinski definition) is 1. The molecule has 0 aromatic carbocycles. The second kappa shape index (κ2) is 4.80. The number of Topliss-reactive ketones (excluding diaryl/α,β-unsaturated/α-hetero) is 1. The third-order valence-electron chi connectivity index (χ3n) is 2.71. The Morgan fingerprint density at radius 1 is 1.36 bits per heavy atom. The van der Waals surface area contributed by atoms with Crippen molar-refractivity contribution in [3.8, 4) is 6.07 Å². The fourth-order valence-corrected chi connectivity index (χ4v) is 1.90. The normalized spacial score (nSPS) is 19.7. The van der Waals surface area contributed by atoms with Crippen LogP contribution >= 0.6 is 0 Å². The summed E-state index contributed by atoms with van der Waals surface area (Å²) < 4.78 is 0. The van der Waals surface area contributed by atoms with E-state index in [1.165, 1.54) is 13.3 Å². The van der Waals surface area contributed by atoms with Crippen molar-refractivity contribution < 1.29 is 9.90 Å². The quantitative estimate of drug-likeness (QED) is 0.416. The summed E-state index contributed by atoms with van der Waals surface area (Å²) >= 11 is 0. The molecule has 0 spiro atoms. The fraction of sp³-hybridized carbons (Fsp3) is 0.636. The zero-order valence-corrected chi connectivity index (χ0v) is 8.42. The van der Waals surface area contributed by atoms with Crippen LogP contribution < -0.4 is 0 Å². The van der Waals surface area contributed by atoms with Crippen LogP contribution in [0.5, 0.6) is 0 Å². The van der Waals surface area contributed by atoms with Gasteiger partial charge in [-0.3, -0.25) is 4.79 Å². The van der Waals surface area contributed by atoms with Crippen LogP contribution in [0.15, 0.2) is 11.3 Å². The Bertz CT molecular complexity index is 293. The van der Waals surface area contributed by atoms with E-state index in [4.69, 9.17) is 5.26 Å². The van der Waals surface area contributed by atoms with Gasteiger partial charge in [0.2, 0.25) is 0 Å². The molecular formula is C11H15NO2. The number of aliphatic hydroxyl groups excluding tert-OH is 1. The van der Waals surface area contributed by atoms with Crippen molar-refractivity contribution in [1.82, 2.24) is 0 Å². The number of carbonyl (C=O) groups excluding carboxylic acids is 1. The monoisotopic (exact) mass is 193 g/mol. The van der Waals surface area contributed by atoms with Gasteiger partial charge in [0.1, 0.15) is 17.4 Å². The molecule has 1 aliphatic rings. The number of aliphatic hydroxyl groups is 1. The molecule has 0 saturated heterocycles. The van der Waals surface area contributed by atoms with Crippen LogP contribution in [0.25, 0.3) is 0 Å². The predicted molar refractivity (Wildman–Crippen MR) is 52.5 cm³/mol. The number of nitriles is 1. The van der Waals surface area contributed by atoms with Gasteiger partial charge in [-0.15, -0.1) is 0 Å². The molecule has 1 aliphatic carbocycles. The van der Waals surface area contributed by atoms with E-state index in [1.54, 1.807) is 6.07 Å². The third-order valence-corrected chi connectivity index (χ3v) is 2.71. The molecule has 3 heteroatoms. The van der Waals surface area contributed by atoms with Gasteiger partial charge in [0.15, 0.2) is 5.78 Å². The van der Waals surface area contributed by atoms with Gasteiger partial charge in [0.05, 0.1) is 0 Å². The molecule has 1 fully saturated rings. The Morgan fingerprint density at radius 3 is 2.36 bits per heavy atom. The van der Waals surface area contributed by atoms with Crippen LogP contribution in [0.3, 0.4) is 0 Å². The number of allylic oxidation sites excluding steroid dienone is 2. The first-order valence-electron chi connectivity index (χ1n) is 5.01. The third kappa shape index (κ3) is 2.35. The zero-order chi connectivity index (χ0) is 10.6. The van der Waals surface area contributed by atoms with E-state index in [-0.39, 0.29) is 23.0 Å². The topological polar surface area (TPSA) is 61.1 Å². The Morgan fingerprint density at radius 2 is 1.93 bits per heavy atom. The molecule has 0 amide bonds. The summed E-state index contributed by atoms with van der Waals surface area (Å²) in [5, 5.41) is 18.4. The van der Waals surface area contributed by atoms with E-state index >= 15 is 0 Å². The summed E-state index contributed by atoms with van der Waals surface area (Å²) in [5.41, 5.74) is -0.0584. The Labute approximate surface area is 84.0 Å². The van der Waals surface area contributed by atoms with Gasteiger partial charge < -0.3 is 5.11 Å². The lowest BCUT2D eigenvalue weighted by atomic mass is 9.86. The summed E-state index contributed by atoms with van der Waals surface area (Å²) in [4.78, 5) is 11.0. The van der Waals surface area contributed by atoms with Gasteiger partial charge in [-0.2, -0.15) is 5.26 Å². The minimum atomic E-state index is -0.337. The van der Waals surface area contributed by atoms with Crippen molar-refractivity contribution in [3.63, 3.8) is 0 Å². The molecule has 3 nitrogen and oxygen atoms in total. The number of carbonyl (C=O) groups is 1. The Balaban J connectivity index is 2.83. The zero-order valence-electron chi connectivity index (χ0n) is 8.42. The molecule has 0 radical (unpaired) electrons. The highest BCUT2D eigenvalue weighted by Crippen LogP contribution is 2.29. The molecular weight excluding hydrogens is 178 g/mol. The smallest absolute Gasteiger partial charge is 0.173 e. The SMILES string of the molecule is CC(=O)C(C#N)=C(O)C1CCCCC1. The van der Waals surface area contributed by atoms with Crippen LogP contribution in [0.1, 0.15) is 39.0 Å². The van der Waals surface area contributed by atoms with Gasteiger partial charge in [-0.05, 0) is 19.8 Å². The first kappa shape index (κ1) is 10.8. The Hall–Kier alpha value is -1.30. The lowest BCUT2D eigenvalue weighted by molar-refractivity contribution is -0.113.